The van der Waals surface area contributed by atoms with Crippen molar-refractivity contribution in [2.24, 2.45) is 0 Å². The first-order valence-corrected chi connectivity index (χ1v) is 3.26. The number of hydrogen-bond acceptors (Lipinski definition) is 2. The Bertz CT molecular complexity index is 237. The zero-order valence-corrected chi connectivity index (χ0v) is 6.10. The second-order valence-electron chi connectivity index (χ2n) is 2.01. The van der Waals surface area contributed by atoms with Crippen molar-refractivity contribution in [2.45, 2.75) is 6.61 Å². The molecule has 0 aromatic heterocycles. The Balaban J connectivity index is 3.04. The van der Waals surface area contributed by atoms with Crippen LogP contribution in [0.2, 0.25) is 5.02 Å². The maximum atomic E-state index is 8.65. The summed E-state index contributed by atoms with van der Waals surface area (Å²) in [7, 11) is 0. The summed E-state index contributed by atoms with van der Waals surface area (Å²) in [6, 6.07) is 5.06. The van der Waals surface area contributed by atoms with Crippen LogP contribution in [0.25, 0.3) is 0 Å². The Morgan fingerprint density at radius 3 is 2.70 bits per heavy atom. The molecule has 0 unspecified atom stereocenters. The zero-order chi connectivity index (χ0) is 7.56. The molecule has 0 saturated heterocycles. The maximum absolute atomic E-state index is 8.65. The lowest BCUT2D eigenvalue weighted by Crippen LogP contribution is -1.89. The van der Waals surface area contributed by atoms with Gasteiger partial charge in [-0.05, 0) is 17.7 Å². The van der Waals surface area contributed by atoms with Crippen LogP contribution in [0.5, 0.6) is 0 Å². The van der Waals surface area contributed by atoms with Crippen LogP contribution in [0.15, 0.2) is 18.2 Å². The molecule has 54 valence electrons. The molecule has 0 spiro atoms. The first-order valence-electron chi connectivity index (χ1n) is 2.89. The molecule has 10 heavy (non-hydrogen) atoms. The Morgan fingerprint density at radius 1 is 1.50 bits per heavy atom. The lowest BCUT2D eigenvalue weighted by molar-refractivity contribution is 0.282. The Labute approximate surface area is 64.2 Å². The Morgan fingerprint density at radius 2 is 2.20 bits per heavy atom. The molecule has 0 bridgehead atoms. The first-order chi connectivity index (χ1) is 4.74. The number of benzene rings is 1. The summed E-state index contributed by atoms with van der Waals surface area (Å²) in [6.07, 6.45) is 0. The van der Waals surface area contributed by atoms with Crippen molar-refractivity contribution in [2.75, 3.05) is 5.73 Å². The number of aliphatic hydroxyl groups is 1. The fraction of sp³-hybridized carbons (Fsp3) is 0.143. The molecule has 0 saturated carbocycles. The van der Waals surface area contributed by atoms with Gasteiger partial charge in [-0.25, -0.2) is 0 Å². The highest BCUT2D eigenvalue weighted by atomic mass is 35.5. The highest BCUT2D eigenvalue weighted by Gasteiger charge is 1.95. The highest BCUT2D eigenvalue weighted by molar-refractivity contribution is 6.33. The molecule has 0 aliphatic carbocycles. The van der Waals surface area contributed by atoms with Crippen LogP contribution in [-0.4, -0.2) is 5.11 Å². The number of rotatable bonds is 1. The van der Waals surface area contributed by atoms with Gasteiger partial charge < -0.3 is 10.8 Å². The number of anilines is 1. The number of aliphatic hydroxyl groups excluding tert-OH is 1. The van der Waals surface area contributed by atoms with Gasteiger partial charge in [-0.1, -0.05) is 17.7 Å². The van der Waals surface area contributed by atoms with Crippen molar-refractivity contribution in [1.29, 1.82) is 0 Å². The normalized spacial score (nSPS) is 9.80. The second-order valence-corrected chi connectivity index (χ2v) is 2.42. The van der Waals surface area contributed by atoms with Crippen molar-refractivity contribution in [3.63, 3.8) is 0 Å². The third-order valence-corrected chi connectivity index (χ3v) is 1.59. The molecule has 0 fully saturated rings. The molecule has 0 atom stereocenters. The van der Waals surface area contributed by atoms with Crippen molar-refractivity contribution in [3.8, 4) is 0 Å². The quantitative estimate of drug-likeness (QED) is 0.606. The molecule has 0 aliphatic heterocycles. The van der Waals surface area contributed by atoms with E-state index in [0.717, 1.165) is 5.56 Å². The number of nitrogen functional groups attached to an aromatic ring is 1. The molecule has 2 nitrogen and oxygen atoms in total. The number of hydrogen-bond donors (Lipinski definition) is 2. The predicted octanol–water partition coefficient (Wildman–Crippen LogP) is 1.41. The third kappa shape index (κ3) is 1.40. The van der Waals surface area contributed by atoms with E-state index in [4.69, 9.17) is 22.4 Å². The van der Waals surface area contributed by atoms with Crippen LogP contribution in [0.4, 0.5) is 5.69 Å². The Kier molecular flexibility index (Phi) is 2.14. The lowest BCUT2D eigenvalue weighted by Gasteiger charge is -1.99. The summed E-state index contributed by atoms with van der Waals surface area (Å²) in [6.45, 7) is 0.00136. The summed E-state index contributed by atoms with van der Waals surface area (Å²) in [5, 5.41) is 9.18. The van der Waals surface area contributed by atoms with Crippen molar-refractivity contribution >= 4 is 17.3 Å². The van der Waals surface area contributed by atoms with E-state index in [1.54, 1.807) is 18.2 Å². The standard InChI is InChI=1S/C7H8ClNO/c8-6-2-1-5(4-10)3-7(6)9/h1-3,10H,4,9H2. The van der Waals surface area contributed by atoms with Crippen LogP contribution >= 0.6 is 11.6 Å². The molecular weight excluding hydrogens is 150 g/mol. The minimum atomic E-state index is 0.00136. The lowest BCUT2D eigenvalue weighted by atomic mass is 10.2. The number of nitrogens with two attached hydrogens (primary N) is 1. The van der Waals surface area contributed by atoms with Crippen LogP contribution in [0, 0.1) is 0 Å². The maximum Gasteiger partial charge on any atom is 0.0682 e. The van der Waals surface area contributed by atoms with Gasteiger partial charge in [-0.2, -0.15) is 0 Å². The van der Waals surface area contributed by atoms with Crippen LogP contribution in [-0.2, 0) is 6.61 Å². The summed E-state index contributed by atoms with van der Waals surface area (Å²) in [4.78, 5) is 0. The van der Waals surface area contributed by atoms with Gasteiger partial charge in [0.2, 0.25) is 0 Å². The third-order valence-electron chi connectivity index (χ3n) is 1.24. The summed E-state index contributed by atoms with van der Waals surface area (Å²) in [5.41, 5.74) is 6.74. The molecule has 1 rings (SSSR count). The van der Waals surface area contributed by atoms with E-state index >= 15 is 0 Å². The molecule has 0 radical (unpaired) electrons. The molecule has 0 aliphatic rings. The average Bonchev–Trinajstić information content (AvgIpc) is 1.95. The summed E-state index contributed by atoms with van der Waals surface area (Å²) < 4.78 is 0. The largest absolute Gasteiger partial charge is 0.398 e. The van der Waals surface area contributed by atoms with E-state index in [2.05, 4.69) is 0 Å². The van der Waals surface area contributed by atoms with E-state index in [-0.39, 0.29) is 6.61 Å². The highest BCUT2D eigenvalue weighted by Crippen LogP contribution is 2.18. The molecule has 0 heterocycles. The monoisotopic (exact) mass is 157 g/mol. The van der Waals surface area contributed by atoms with Gasteiger partial charge in [0.25, 0.3) is 0 Å². The minimum absolute atomic E-state index is 0.00136. The van der Waals surface area contributed by atoms with Crippen LogP contribution in [0.1, 0.15) is 5.56 Å². The topological polar surface area (TPSA) is 46.2 Å². The second kappa shape index (κ2) is 2.90. The van der Waals surface area contributed by atoms with E-state index in [1.807, 2.05) is 0 Å². The molecular formula is C7H8ClNO. The summed E-state index contributed by atoms with van der Waals surface area (Å²) >= 11 is 5.63. The van der Waals surface area contributed by atoms with Gasteiger partial charge in [0.15, 0.2) is 0 Å². The smallest absolute Gasteiger partial charge is 0.0682 e. The number of halogens is 1. The van der Waals surface area contributed by atoms with E-state index < -0.39 is 0 Å². The van der Waals surface area contributed by atoms with Gasteiger partial charge in [-0.3, -0.25) is 0 Å². The zero-order valence-electron chi connectivity index (χ0n) is 5.34. The van der Waals surface area contributed by atoms with Gasteiger partial charge >= 0.3 is 0 Å². The van der Waals surface area contributed by atoms with Crippen molar-refractivity contribution in [1.82, 2.24) is 0 Å². The van der Waals surface area contributed by atoms with E-state index in [1.165, 1.54) is 0 Å². The van der Waals surface area contributed by atoms with Gasteiger partial charge in [0.05, 0.1) is 17.3 Å². The van der Waals surface area contributed by atoms with Gasteiger partial charge in [0.1, 0.15) is 0 Å². The van der Waals surface area contributed by atoms with E-state index in [9.17, 15) is 0 Å². The van der Waals surface area contributed by atoms with Gasteiger partial charge in [-0.15, -0.1) is 0 Å². The first kappa shape index (κ1) is 7.38. The molecule has 0 amide bonds. The summed E-state index contributed by atoms with van der Waals surface area (Å²) in [5.74, 6) is 0. The molecule has 3 heteroatoms. The van der Waals surface area contributed by atoms with Crippen LogP contribution < -0.4 is 5.73 Å². The molecule has 3 N–H and O–H groups in total. The average molecular weight is 158 g/mol. The molecule has 1 aromatic carbocycles. The fourth-order valence-corrected chi connectivity index (χ4v) is 0.809. The fourth-order valence-electron chi connectivity index (χ4n) is 0.692. The Hall–Kier alpha value is -0.730. The predicted molar refractivity (Wildman–Crippen MR) is 41.8 cm³/mol. The SMILES string of the molecule is Nc1cc(CO)ccc1Cl. The van der Waals surface area contributed by atoms with Crippen molar-refractivity contribution in [3.05, 3.63) is 28.8 Å². The minimum Gasteiger partial charge on any atom is -0.398 e. The molecule has 1 aromatic rings. The van der Waals surface area contributed by atoms with Crippen molar-refractivity contribution < 1.29 is 5.11 Å². The van der Waals surface area contributed by atoms with E-state index in [0.29, 0.717) is 10.7 Å². The van der Waals surface area contributed by atoms with Crippen LogP contribution in [0.3, 0.4) is 0 Å². The van der Waals surface area contributed by atoms with Gasteiger partial charge in [0, 0.05) is 0 Å².